The van der Waals surface area contributed by atoms with Gasteiger partial charge in [-0.25, -0.2) is 5.43 Å². The van der Waals surface area contributed by atoms with E-state index in [9.17, 15) is 4.79 Å². The molecule has 1 aromatic rings. The van der Waals surface area contributed by atoms with Crippen LogP contribution in [0.1, 0.15) is 63.9 Å². The van der Waals surface area contributed by atoms with Crippen molar-refractivity contribution in [1.82, 2.24) is 5.43 Å². The molecule has 0 radical (unpaired) electrons. The molecule has 0 aliphatic carbocycles. The van der Waals surface area contributed by atoms with Gasteiger partial charge in [0.05, 0.1) is 6.21 Å². The van der Waals surface area contributed by atoms with Crippen LogP contribution in [0.4, 0.5) is 0 Å². The Hall–Kier alpha value is -1.16. The maximum absolute atomic E-state index is 11.5. The number of thiophene rings is 1. The summed E-state index contributed by atoms with van der Waals surface area (Å²) in [6.45, 7) is 2.22. The molecular formula is C15H24N2OS. The van der Waals surface area contributed by atoms with E-state index >= 15 is 0 Å². The number of carbonyl (C=O) groups excluding carboxylic acids is 1. The summed E-state index contributed by atoms with van der Waals surface area (Å²) < 4.78 is 0. The van der Waals surface area contributed by atoms with E-state index in [-0.39, 0.29) is 5.91 Å². The Labute approximate surface area is 120 Å². The molecule has 0 fully saturated rings. The Morgan fingerprint density at radius 2 is 2.00 bits per heavy atom. The fourth-order valence-electron chi connectivity index (χ4n) is 1.83. The Balaban J connectivity index is 1.96. The van der Waals surface area contributed by atoms with E-state index in [2.05, 4.69) is 17.5 Å². The van der Waals surface area contributed by atoms with Gasteiger partial charge in [-0.1, -0.05) is 45.4 Å². The van der Waals surface area contributed by atoms with E-state index in [0.29, 0.717) is 6.42 Å². The molecule has 0 unspecified atom stereocenters. The third kappa shape index (κ3) is 8.54. The zero-order chi connectivity index (χ0) is 13.8. The lowest BCUT2D eigenvalue weighted by atomic mass is 10.1. The molecule has 106 valence electrons. The quantitative estimate of drug-likeness (QED) is 0.386. The molecule has 0 atom stereocenters. The van der Waals surface area contributed by atoms with Gasteiger partial charge in [0.25, 0.3) is 0 Å². The van der Waals surface area contributed by atoms with Crippen LogP contribution in [-0.4, -0.2) is 12.1 Å². The third-order valence-corrected chi connectivity index (χ3v) is 3.65. The lowest BCUT2D eigenvalue weighted by Crippen LogP contribution is -2.16. The molecule has 3 nitrogen and oxygen atoms in total. The second kappa shape index (κ2) is 10.7. The van der Waals surface area contributed by atoms with E-state index in [4.69, 9.17) is 0 Å². The Kier molecular flexibility index (Phi) is 8.98. The Morgan fingerprint density at radius 1 is 1.26 bits per heavy atom. The van der Waals surface area contributed by atoms with Gasteiger partial charge in [0.1, 0.15) is 0 Å². The molecule has 0 aliphatic heterocycles. The first-order valence-corrected chi connectivity index (χ1v) is 8.11. The minimum atomic E-state index is 0.0139. The van der Waals surface area contributed by atoms with Gasteiger partial charge in [0.15, 0.2) is 0 Å². The van der Waals surface area contributed by atoms with Crippen molar-refractivity contribution in [3.8, 4) is 0 Å². The van der Waals surface area contributed by atoms with E-state index < -0.39 is 0 Å². The predicted octanol–water partition coefficient (Wildman–Crippen LogP) is 4.34. The van der Waals surface area contributed by atoms with Crippen molar-refractivity contribution in [1.29, 1.82) is 0 Å². The summed E-state index contributed by atoms with van der Waals surface area (Å²) in [6.07, 6.45) is 10.8. The predicted molar refractivity (Wildman–Crippen MR) is 82.7 cm³/mol. The van der Waals surface area contributed by atoms with Crippen molar-refractivity contribution < 1.29 is 4.79 Å². The smallest absolute Gasteiger partial charge is 0.240 e. The number of hydrazone groups is 1. The van der Waals surface area contributed by atoms with Crippen LogP contribution in [0.5, 0.6) is 0 Å². The molecule has 0 aromatic carbocycles. The average Bonchev–Trinajstić information content (AvgIpc) is 2.91. The molecule has 1 aromatic heterocycles. The highest BCUT2D eigenvalue weighted by atomic mass is 32.1. The van der Waals surface area contributed by atoms with E-state index in [0.717, 1.165) is 18.4 Å². The summed E-state index contributed by atoms with van der Waals surface area (Å²) >= 11 is 1.62. The van der Waals surface area contributed by atoms with Gasteiger partial charge >= 0.3 is 0 Å². The van der Waals surface area contributed by atoms with Crippen LogP contribution in [0.25, 0.3) is 0 Å². The molecule has 19 heavy (non-hydrogen) atoms. The second-order valence-corrected chi connectivity index (χ2v) is 5.50. The van der Waals surface area contributed by atoms with Crippen molar-refractivity contribution in [3.63, 3.8) is 0 Å². The van der Waals surface area contributed by atoms with Gasteiger partial charge in [-0.15, -0.1) is 0 Å². The van der Waals surface area contributed by atoms with Crippen molar-refractivity contribution in [3.05, 3.63) is 22.4 Å². The maximum Gasteiger partial charge on any atom is 0.240 e. The average molecular weight is 280 g/mol. The van der Waals surface area contributed by atoms with Crippen LogP contribution in [0, 0.1) is 0 Å². The lowest BCUT2D eigenvalue weighted by Gasteiger charge is -2.01. The van der Waals surface area contributed by atoms with Gasteiger partial charge in [-0.05, 0) is 23.2 Å². The van der Waals surface area contributed by atoms with Crippen LogP contribution in [0.2, 0.25) is 0 Å². The Morgan fingerprint density at radius 3 is 2.68 bits per heavy atom. The number of amides is 1. The Bertz CT molecular complexity index is 360. The first-order chi connectivity index (χ1) is 9.33. The molecule has 0 saturated carbocycles. The minimum Gasteiger partial charge on any atom is -0.273 e. The van der Waals surface area contributed by atoms with Gasteiger partial charge in [0, 0.05) is 12.0 Å². The highest BCUT2D eigenvalue weighted by molar-refractivity contribution is 7.08. The first-order valence-electron chi connectivity index (χ1n) is 7.17. The molecular weight excluding hydrogens is 256 g/mol. The highest BCUT2D eigenvalue weighted by Gasteiger charge is 1.99. The summed E-state index contributed by atoms with van der Waals surface area (Å²) in [5.41, 5.74) is 3.60. The van der Waals surface area contributed by atoms with Gasteiger partial charge in [-0.3, -0.25) is 4.79 Å². The summed E-state index contributed by atoms with van der Waals surface area (Å²) in [7, 11) is 0. The number of carbonyl (C=O) groups is 1. The van der Waals surface area contributed by atoms with Crippen LogP contribution < -0.4 is 5.43 Å². The monoisotopic (exact) mass is 280 g/mol. The topological polar surface area (TPSA) is 41.5 Å². The zero-order valence-corrected chi connectivity index (χ0v) is 12.5. The number of nitrogens with one attached hydrogen (secondary N) is 1. The van der Waals surface area contributed by atoms with Gasteiger partial charge in [-0.2, -0.15) is 16.4 Å². The molecule has 0 saturated heterocycles. The molecule has 1 amide bonds. The van der Waals surface area contributed by atoms with Crippen LogP contribution in [0.3, 0.4) is 0 Å². The zero-order valence-electron chi connectivity index (χ0n) is 11.7. The van der Waals surface area contributed by atoms with E-state index in [1.54, 1.807) is 17.6 Å². The van der Waals surface area contributed by atoms with Crippen LogP contribution in [-0.2, 0) is 4.79 Å². The number of hydrogen-bond acceptors (Lipinski definition) is 3. The SMILES string of the molecule is CCCCCCCCCC(=O)NN=Cc1ccsc1. The van der Waals surface area contributed by atoms with E-state index in [1.165, 1.54) is 32.1 Å². The maximum atomic E-state index is 11.5. The molecule has 1 heterocycles. The van der Waals surface area contributed by atoms with Crippen LogP contribution in [0.15, 0.2) is 21.9 Å². The van der Waals surface area contributed by atoms with Crippen molar-refractivity contribution in [2.45, 2.75) is 58.3 Å². The van der Waals surface area contributed by atoms with Crippen molar-refractivity contribution >= 4 is 23.5 Å². The second-order valence-electron chi connectivity index (χ2n) is 4.72. The number of nitrogens with zero attached hydrogens (tertiary/aromatic N) is 1. The normalized spacial score (nSPS) is 11.0. The molecule has 4 heteroatoms. The summed E-state index contributed by atoms with van der Waals surface area (Å²) in [4.78, 5) is 11.5. The number of unbranched alkanes of at least 4 members (excludes halogenated alkanes) is 6. The summed E-state index contributed by atoms with van der Waals surface area (Å²) in [6, 6.07) is 1.97. The standard InChI is InChI=1S/C15H24N2OS/c1-2-3-4-5-6-7-8-9-15(18)17-16-12-14-10-11-19-13-14/h10-13H,2-9H2,1H3,(H,17,18). The number of hydrogen-bond donors (Lipinski definition) is 1. The first kappa shape index (κ1) is 15.9. The third-order valence-electron chi connectivity index (χ3n) is 2.95. The van der Waals surface area contributed by atoms with Crippen molar-refractivity contribution in [2.75, 3.05) is 0 Å². The molecule has 0 aliphatic rings. The van der Waals surface area contributed by atoms with Crippen LogP contribution >= 0.6 is 11.3 Å². The fraction of sp³-hybridized carbons (Fsp3) is 0.600. The molecule has 0 bridgehead atoms. The molecule has 0 spiro atoms. The van der Waals surface area contributed by atoms with Crippen molar-refractivity contribution in [2.24, 2.45) is 5.10 Å². The van der Waals surface area contributed by atoms with Gasteiger partial charge < -0.3 is 0 Å². The molecule has 1 N–H and O–H groups in total. The number of rotatable bonds is 10. The fourth-order valence-corrected chi connectivity index (χ4v) is 2.44. The summed E-state index contributed by atoms with van der Waals surface area (Å²) in [5, 5.41) is 7.92. The minimum absolute atomic E-state index is 0.0139. The van der Waals surface area contributed by atoms with E-state index in [1.807, 2.05) is 16.8 Å². The van der Waals surface area contributed by atoms with Gasteiger partial charge in [0.2, 0.25) is 5.91 Å². The highest BCUT2D eigenvalue weighted by Crippen LogP contribution is 2.08. The molecule has 1 rings (SSSR count). The lowest BCUT2D eigenvalue weighted by molar-refractivity contribution is -0.121. The largest absolute Gasteiger partial charge is 0.273 e. The summed E-state index contributed by atoms with van der Waals surface area (Å²) in [5.74, 6) is 0.0139.